The Kier molecular flexibility index (Phi) is 8.83. The molecule has 0 bridgehead atoms. The van der Waals surface area contributed by atoms with Gasteiger partial charge in [0.2, 0.25) is 0 Å². The molecule has 1 radical (unpaired) electrons. The zero-order valence-electron chi connectivity index (χ0n) is 6.81. The summed E-state index contributed by atoms with van der Waals surface area (Å²) < 4.78 is 0. The predicted molar refractivity (Wildman–Crippen MR) is 49.7 cm³/mol. The van der Waals surface area contributed by atoms with Gasteiger partial charge in [0.15, 0.2) is 0 Å². The zero-order valence-corrected chi connectivity index (χ0v) is 7.63. The Morgan fingerprint density at radius 3 is 2.70 bits per heavy atom. The van der Waals surface area contributed by atoms with Crippen molar-refractivity contribution < 1.29 is 0 Å². The maximum absolute atomic E-state index is 3.07. The van der Waals surface area contributed by atoms with Crippen molar-refractivity contribution in [2.24, 2.45) is 0 Å². The van der Waals surface area contributed by atoms with Crippen molar-refractivity contribution in [1.29, 1.82) is 0 Å². The number of unbranched alkanes of at least 4 members (excludes halogenated alkanes) is 1. The molecular weight excluding hydrogens is 140 g/mol. The summed E-state index contributed by atoms with van der Waals surface area (Å²) in [5.74, 6) is 9.27. The Morgan fingerprint density at radius 1 is 1.30 bits per heavy atom. The van der Waals surface area contributed by atoms with Crippen molar-refractivity contribution in [3.63, 3.8) is 0 Å². The van der Waals surface area contributed by atoms with Gasteiger partial charge in [-0.3, -0.25) is 0 Å². The Hall–Kier alpha value is -0.0900. The lowest BCUT2D eigenvalue weighted by molar-refractivity contribution is 0.983. The maximum atomic E-state index is 3.07. The number of hydrogen-bond donors (Lipinski definition) is 0. The van der Waals surface area contributed by atoms with Gasteiger partial charge in [0.1, 0.15) is 0 Å². The highest BCUT2D eigenvalue weighted by molar-refractivity contribution is 8.01. The van der Waals surface area contributed by atoms with Gasteiger partial charge in [-0.25, -0.2) is 0 Å². The van der Waals surface area contributed by atoms with Gasteiger partial charge in [0.05, 0.1) is 5.75 Å². The molecule has 0 aliphatic carbocycles. The van der Waals surface area contributed by atoms with E-state index in [0.29, 0.717) is 0 Å². The molecule has 0 atom stereocenters. The van der Waals surface area contributed by atoms with E-state index in [1.807, 2.05) is 5.75 Å². The fourth-order valence-electron chi connectivity index (χ4n) is 0.457. The molecule has 0 fully saturated rings. The molecule has 0 aliphatic rings. The minimum atomic E-state index is 1.03. The summed E-state index contributed by atoms with van der Waals surface area (Å²) in [7, 11) is 0. The molecule has 0 N–H and O–H groups in total. The molecule has 1 heteroatoms. The maximum Gasteiger partial charge on any atom is 0.0885 e. The zero-order chi connectivity index (χ0) is 7.66. The molecule has 0 aromatic carbocycles. The van der Waals surface area contributed by atoms with Crippen LogP contribution < -0.4 is 0 Å². The molecule has 10 heavy (non-hydrogen) atoms. The molecule has 0 amide bonds. The molecule has 0 spiro atoms. The molecule has 0 aromatic heterocycles. The highest BCUT2D eigenvalue weighted by atomic mass is 32.2. The second-order valence-corrected chi connectivity index (χ2v) is 3.04. The molecule has 0 saturated heterocycles. The Morgan fingerprint density at radius 2 is 2.10 bits per heavy atom. The Balaban J connectivity index is 2.96. The van der Waals surface area contributed by atoms with Crippen LogP contribution in [0.4, 0.5) is 0 Å². The third-order valence-corrected chi connectivity index (χ3v) is 1.87. The first-order valence-electron chi connectivity index (χ1n) is 3.83. The molecule has 57 valence electrons. The Bertz CT molecular complexity index is 108. The summed E-state index contributed by atoms with van der Waals surface area (Å²) in [6.45, 7) is 4.33. The first-order chi connectivity index (χ1) is 4.91. The molecule has 0 nitrogen and oxygen atoms in total. The van der Waals surface area contributed by atoms with E-state index in [1.54, 1.807) is 11.8 Å². The molecule has 0 aromatic rings. The van der Waals surface area contributed by atoms with Gasteiger partial charge in [0, 0.05) is 6.42 Å². The predicted octanol–water partition coefficient (Wildman–Crippen LogP) is 3.09. The van der Waals surface area contributed by atoms with Crippen molar-refractivity contribution in [2.75, 3.05) is 5.75 Å². The third kappa shape index (κ3) is 7.91. The quantitative estimate of drug-likeness (QED) is 0.444. The van der Waals surface area contributed by atoms with Crippen LogP contribution in [0.2, 0.25) is 0 Å². The Labute approximate surface area is 68.8 Å². The van der Waals surface area contributed by atoms with Gasteiger partial charge in [-0.1, -0.05) is 19.8 Å². The lowest BCUT2D eigenvalue weighted by Gasteiger charge is -1.87. The minimum Gasteiger partial charge on any atom is -0.143 e. The topological polar surface area (TPSA) is 0 Å². The van der Waals surface area contributed by atoms with Gasteiger partial charge < -0.3 is 0 Å². The smallest absolute Gasteiger partial charge is 0.0885 e. The van der Waals surface area contributed by atoms with E-state index >= 15 is 0 Å². The van der Waals surface area contributed by atoms with Crippen molar-refractivity contribution in [1.82, 2.24) is 0 Å². The average Bonchev–Trinajstić information content (AvgIpc) is 1.97. The number of thioether (sulfide) groups is 1. The van der Waals surface area contributed by atoms with Crippen LogP contribution in [0.5, 0.6) is 0 Å². The van der Waals surface area contributed by atoms with E-state index in [0.717, 1.165) is 6.42 Å². The fraction of sp³-hybridized carbons (Fsp3) is 0.667. The SMILES string of the molecule is CCCC#C[CH]SCCC. The highest BCUT2D eigenvalue weighted by Gasteiger charge is 1.80. The standard InChI is InChI=1S/C9H15S/c1-3-5-6-7-9-10-8-4-2/h9H,3-5,8H2,1-2H3. The largest absolute Gasteiger partial charge is 0.143 e. The second-order valence-electron chi connectivity index (χ2n) is 2.06. The minimum absolute atomic E-state index is 1.03. The van der Waals surface area contributed by atoms with Crippen LogP contribution in [0.25, 0.3) is 0 Å². The first-order valence-corrected chi connectivity index (χ1v) is 4.88. The van der Waals surface area contributed by atoms with Crippen LogP contribution in [0, 0.1) is 17.6 Å². The number of rotatable bonds is 4. The fourth-order valence-corrected chi connectivity index (χ4v) is 0.977. The third-order valence-electron chi connectivity index (χ3n) is 0.941. The van der Waals surface area contributed by atoms with Crippen molar-refractivity contribution in [3.8, 4) is 11.8 Å². The van der Waals surface area contributed by atoms with Crippen molar-refractivity contribution >= 4 is 11.8 Å². The average molecular weight is 155 g/mol. The second kappa shape index (κ2) is 8.91. The van der Waals surface area contributed by atoms with Gasteiger partial charge in [-0.05, 0) is 18.6 Å². The summed E-state index contributed by atoms with van der Waals surface area (Å²) in [5.41, 5.74) is 0. The van der Waals surface area contributed by atoms with E-state index in [4.69, 9.17) is 0 Å². The van der Waals surface area contributed by atoms with Crippen LogP contribution in [0.15, 0.2) is 0 Å². The van der Waals surface area contributed by atoms with Crippen LogP contribution in [-0.2, 0) is 0 Å². The van der Waals surface area contributed by atoms with E-state index in [-0.39, 0.29) is 0 Å². The molecular formula is C9H15S. The summed E-state index contributed by atoms with van der Waals surface area (Å²) in [4.78, 5) is 0. The molecule has 0 rings (SSSR count). The number of hydrogen-bond acceptors (Lipinski definition) is 1. The summed E-state index contributed by atoms with van der Waals surface area (Å²) in [6, 6.07) is 0. The lowest BCUT2D eigenvalue weighted by atomic mass is 10.3. The molecule has 0 aliphatic heterocycles. The highest BCUT2D eigenvalue weighted by Crippen LogP contribution is 2.04. The first kappa shape index (κ1) is 9.91. The van der Waals surface area contributed by atoms with E-state index in [1.165, 1.54) is 18.6 Å². The molecule has 0 heterocycles. The van der Waals surface area contributed by atoms with Gasteiger partial charge >= 0.3 is 0 Å². The summed E-state index contributed by atoms with van der Waals surface area (Å²) in [6.07, 6.45) is 3.43. The van der Waals surface area contributed by atoms with Crippen LogP contribution in [-0.4, -0.2) is 5.75 Å². The lowest BCUT2D eigenvalue weighted by Crippen LogP contribution is -1.70. The van der Waals surface area contributed by atoms with Crippen molar-refractivity contribution in [2.45, 2.75) is 33.1 Å². The molecule has 0 saturated carbocycles. The van der Waals surface area contributed by atoms with Gasteiger partial charge in [0.25, 0.3) is 0 Å². The summed E-state index contributed by atoms with van der Waals surface area (Å²) in [5, 5.41) is 0. The van der Waals surface area contributed by atoms with Crippen molar-refractivity contribution in [3.05, 3.63) is 5.75 Å². The van der Waals surface area contributed by atoms with Crippen LogP contribution >= 0.6 is 11.8 Å². The summed E-state index contributed by atoms with van der Waals surface area (Å²) >= 11 is 1.81. The molecule has 0 unspecified atom stereocenters. The van der Waals surface area contributed by atoms with Crippen LogP contribution in [0.3, 0.4) is 0 Å². The van der Waals surface area contributed by atoms with Gasteiger partial charge in [-0.15, -0.1) is 17.7 Å². The van der Waals surface area contributed by atoms with Crippen LogP contribution in [0.1, 0.15) is 33.1 Å². The van der Waals surface area contributed by atoms with E-state index < -0.39 is 0 Å². The van der Waals surface area contributed by atoms with Gasteiger partial charge in [-0.2, -0.15) is 0 Å². The van der Waals surface area contributed by atoms with E-state index in [2.05, 4.69) is 25.7 Å². The van der Waals surface area contributed by atoms with E-state index in [9.17, 15) is 0 Å². The normalized spacial score (nSPS) is 8.60. The monoisotopic (exact) mass is 155 g/mol.